The average molecular weight is 299 g/mol. The largest absolute Gasteiger partial charge is 0.494 e. The van der Waals surface area contributed by atoms with Crippen molar-refractivity contribution in [2.45, 2.75) is 0 Å². The van der Waals surface area contributed by atoms with Gasteiger partial charge in [-0.2, -0.15) is 0 Å². The first-order chi connectivity index (χ1) is 8.11. The fourth-order valence-electron chi connectivity index (χ4n) is 1.33. The van der Waals surface area contributed by atoms with Crippen molar-refractivity contribution in [1.82, 2.24) is 9.97 Å². The molecule has 2 rings (SSSR count). The first-order valence-corrected chi connectivity index (χ1v) is 5.50. The number of hydrogen-bond donors (Lipinski definition) is 1. The first kappa shape index (κ1) is 11.8. The van der Waals surface area contributed by atoms with Gasteiger partial charge in [-0.15, -0.1) is 0 Å². The number of rotatable bonds is 2. The molecule has 0 fully saturated rings. The summed E-state index contributed by atoms with van der Waals surface area (Å²) in [4.78, 5) is 18.0. The number of hydrogen-bond acceptors (Lipinski definition) is 3. The molecule has 0 unspecified atom stereocenters. The molecule has 1 N–H and O–H groups in total. The van der Waals surface area contributed by atoms with Crippen LogP contribution in [0.3, 0.4) is 0 Å². The van der Waals surface area contributed by atoms with E-state index in [4.69, 9.17) is 4.74 Å². The Kier molecular flexibility index (Phi) is 3.23. The minimum absolute atomic E-state index is 0.105. The summed E-state index contributed by atoms with van der Waals surface area (Å²) in [5.41, 5.74) is 0.283. The maximum Gasteiger partial charge on any atom is 0.265 e. The molecule has 0 spiro atoms. The van der Waals surface area contributed by atoms with E-state index in [-0.39, 0.29) is 11.3 Å². The summed E-state index contributed by atoms with van der Waals surface area (Å²) >= 11 is 3.05. The smallest absolute Gasteiger partial charge is 0.265 e. The van der Waals surface area contributed by atoms with Crippen molar-refractivity contribution in [1.29, 1.82) is 0 Å². The Balaban J connectivity index is 2.53. The van der Waals surface area contributed by atoms with Gasteiger partial charge >= 0.3 is 0 Å². The molecule has 0 saturated carbocycles. The van der Waals surface area contributed by atoms with E-state index >= 15 is 0 Å². The van der Waals surface area contributed by atoms with E-state index in [0.29, 0.717) is 15.9 Å². The van der Waals surface area contributed by atoms with E-state index in [1.54, 1.807) is 0 Å². The highest BCUT2D eigenvalue weighted by molar-refractivity contribution is 9.10. The van der Waals surface area contributed by atoms with Crippen molar-refractivity contribution in [3.8, 4) is 17.1 Å². The van der Waals surface area contributed by atoms with Gasteiger partial charge in [0.15, 0.2) is 11.6 Å². The van der Waals surface area contributed by atoms with Crippen LogP contribution in [0.1, 0.15) is 0 Å². The Bertz CT molecular complexity index is 613. The van der Waals surface area contributed by atoms with Gasteiger partial charge in [-0.25, -0.2) is 9.37 Å². The fourth-order valence-corrected chi connectivity index (χ4v) is 1.53. The highest BCUT2D eigenvalue weighted by Crippen LogP contribution is 2.23. The van der Waals surface area contributed by atoms with Gasteiger partial charge in [0, 0.05) is 11.8 Å². The number of aromatic amines is 1. The zero-order chi connectivity index (χ0) is 12.4. The van der Waals surface area contributed by atoms with Gasteiger partial charge in [-0.3, -0.25) is 4.79 Å². The third-order valence-corrected chi connectivity index (χ3v) is 2.75. The topological polar surface area (TPSA) is 55.0 Å². The van der Waals surface area contributed by atoms with Crippen LogP contribution < -0.4 is 10.3 Å². The number of ether oxygens (including phenoxy) is 1. The molecule has 0 saturated heterocycles. The summed E-state index contributed by atoms with van der Waals surface area (Å²) in [5.74, 6) is 0.000256. The van der Waals surface area contributed by atoms with E-state index in [2.05, 4.69) is 25.9 Å². The molecule has 6 heteroatoms. The van der Waals surface area contributed by atoms with Crippen LogP contribution in [-0.4, -0.2) is 17.1 Å². The molecule has 88 valence electrons. The molecule has 4 nitrogen and oxygen atoms in total. The monoisotopic (exact) mass is 298 g/mol. The van der Waals surface area contributed by atoms with Crippen LogP contribution in [0, 0.1) is 5.82 Å². The van der Waals surface area contributed by atoms with Gasteiger partial charge in [0.05, 0.1) is 7.11 Å². The van der Waals surface area contributed by atoms with Crippen LogP contribution in [-0.2, 0) is 0 Å². The Morgan fingerprint density at radius 2 is 2.24 bits per heavy atom. The molecule has 1 heterocycles. The number of H-pyrrole nitrogens is 1. The summed E-state index contributed by atoms with van der Waals surface area (Å²) < 4.78 is 18.4. The summed E-state index contributed by atoms with van der Waals surface area (Å²) in [6.07, 6.45) is 1.39. The maximum absolute atomic E-state index is 13.2. The third kappa shape index (κ3) is 2.36. The lowest BCUT2D eigenvalue weighted by atomic mass is 10.2. The number of halogens is 2. The molecule has 17 heavy (non-hydrogen) atoms. The fraction of sp³-hybridized carbons (Fsp3) is 0.0909. The molecule has 0 aliphatic rings. The number of benzene rings is 1. The van der Waals surface area contributed by atoms with Gasteiger partial charge in [-0.05, 0) is 34.1 Å². The number of aromatic nitrogens is 2. The van der Waals surface area contributed by atoms with Gasteiger partial charge < -0.3 is 9.72 Å². The quantitative estimate of drug-likeness (QED) is 0.926. The lowest BCUT2D eigenvalue weighted by molar-refractivity contribution is 0.386. The van der Waals surface area contributed by atoms with Crippen molar-refractivity contribution < 1.29 is 9.13 Å². The molecular formula is C11H8BrFN2O2. The van der Waals surface area contributed by atoms with E-state index in [1.165, 1.54) is 31.5 Å². The van der Waals surface area contributed by atoms with Gasteiger partial charge in [0.1, 0.15) is 10.3 Å². The Morgan fingerprint density at radius 3 is 2.88 bits per heavy atom. The molecule has 0 radical (unpaired) electrons. The van der Waals surface area contributed by atoms with Gasteiger partial charge in [-0.1, -0.05) is 0 Å². The predicted molar refractivity (Wildman–Crippen MR) is 64.5 cm³/mol. The third-order valence-electron chi connectivity index (χ3n) is 2.18. The van der Waals surface area contributed by atoms with Crippen LogP contribution in [0.25, 0.3) is 11.4 Å². The molecule has 1 aromatic carbocycles. The average Bonchev–Trinajstić information content (AvgIpc) is 2.33. The van der Waals surface area contributed by atoms with E-state index in [9.17, 15) is 9.18 Å². The zero-order valence-corrected chi connectivity index (χ0v) is 10.4. The van der Waals surface area contributed by atoms with Crippen LogP contribution >= 0.6 is 15.9 Å². The van der Waals surface area contributed by atoms with Crippen LogP contribution in [0.5, 0.6) is 5.75 Å². The SMILES string of the molecule is COc1cc(-c2ncc(Br)c(=O)[nH]2)ccc1F. The lowest BCUT2D eigenvalue weighted by Crippen LogP contribution is -2.08. The van der Waals surface area contributed by atoms with Crippen LogP contribution in [0.4, 0.5) is 4.39 Å². The second kappa shape index (κ2) is 4.67. The molecule has 0 bridgehead atoms. The molecule has 0 atom stereocenters. The summed E-state index contributed by atoms with van der Waals surface area (Å²) in [6, 6.07) is 4.25. The highest BCUT2D eigenvalue weighted by Gasteiger charge is 2.07. The molecular weight excluding hydrogens is 291 g/mol. The number of nitrogens with one attached hydrogen (secondary N) is 1. The van der Waals surface area contributed by atoms with E-state index < -0.39 is 5.82 Å². The molecule has 1 aromatic heterocycles. The number of nitrogens with zero attached hydrogens (tertiary/aromatic N) is 1. The highest BCUT2D eigenvalue weighted by atomic mass is 79.9. The van der Waals surface area contributed by atoms with Crippen molar-refractivity contribution in [2.24, 2.45) is 0 Å². The zero-order valence-electron chi connectivity index (χ0n) is 8.83. The summed E-state index contributed by atoms with van der Waals surface area (Å²) in [6.45, 7) is 0. The van der Waals surface area contributed by atoms with Gasteiger partial charge in [0.25, 0.3) is 5.56 Å². The summed E-state index contributed by atoms with van der Waals surface area (Å²) in [5, 5.41) is 0. The molecule has 0 amide bonds. The van der Waals surface area contributed by atoms with Gasteiger partial charge in [0.2, 0.25) is 0 Å². The van der Waals surface area contributed by atoms with Crippen molar-refractivity contribution in [3.05, 3.63) is 45.0 Å². The van der Waals surface area contributed by atoms with E-state index in [0.717, 1.165) is 0 Å². The maximum atomic E-state index is 13.2. The van der Waals surface area contributed by atoms with Crippen molar-refractivity contribution in [2.75, 3.05) is 7.11 Å². The minimum Gasteiger partial charge on any atom is -0.494 e. The second-order valence-corrected chi connectivity index (χ2v) is 4.11. The predicted octanol–water partition coefficient (Wildman–Crippen LogP) is 2.35. The van der Waals surface area contributed by atoms with Crippen molar-refractivity contribution in [3.63, 3.8) is 0 Å². The standard InChI is InChI=1S/C11H8BrFN2O2/c1-17-9-4-6(2-3-8(9)13)10-14-5-7(12)11(16)15-10/h2-5H,1H3,(H,14,15,16). The van der Waals surface area contributed by atoms with E-state index in [1.807, 2.05) is 0 Å². The Hall–Kier alpha value is -1.69. The Labute approximate surface area is 105 Å². The van der Waals surface area contributed by atoms with Crippen LogP contribution in [0.2, 0.25) is 0 Å². The number of methoxy groups -OCH3 is 1. The Morgan fingerprint density at radius 1 is 1.47 bits per heavy atom. The lowest BCUT2D eigenvalue weighted by Gasteiger charge is -2.05. The molecule has 2 aromatic rings. The minimum atomic E-state index is -0.462. The second-order valence-electron chi connectivity index (χ2n) is 3.26. The molecule has 0 aliphatic carbocycles. The summed E-state index contributed by atoms with van der Waals surface area (Å²) in [7, 11) is 1.37. The van der Waals surface area contributed by atoms with Crippen molar-refractivity contribution >= 4 is 15.9 Å². The van der Waals surface area contributed by atoms with Crippen LogP contribution in [0.15, 0.2) is 33.7 Å². The normalized spacial score (nSPS) is 10.3. The molecule has 0 aliphatic heterocycles. The first-order valence-electron chi connectivity index (χ1n) is 4.70.